The van der Waals surface area contributed by atoms with Gasteiger partial charge in [0.1, 0.15) is 24.1 Å². The number of H-pyrrole nitrogens is 1. The van der Waals surface area contributed by atoms with E-state index >= 15 is 0 Å². The number of halogens is 5. The summed E-state index contributed by atoms with van der Waals surface area (Å²) in [5.74, 6) is -7.09. The molecular formula is C24H28F5N3O5. The summed E-state index contributed by atoms with van der Waals surface area (Å²) in [6, 6.07) is 1.88. The Morgan fingerprint density at radius 2 is 1.92 bits per heavy atom. The van der Waals surface area contributed by atoms with Crippen LogP contribution in [0, 0.1) is 24.5 Å². The molecule has 1 aliphatic heterocycles. The Labute approximate surface area is 209 Å². The molecule has 0 saturated carbocycles. The van der Waals surface area contributed by atoms with E-state index in [0.717, 1.165) is 26.2 Å². The van der Waals surface area contributed by atoms with Gasteiger partial charge >= 0.3 is 12.1 Å². The van der Waals surface area contributed by atoms with Crippen molar-refractivity contribution in [2.45, 2.75) is 44.6 Å². The molecule has 1 N–H and O–H groups in total. The van der Waals surface area contributed by atoms with Gasteiger partial charge in [0.05, 0.1) is 12.8 Å². The highest BCUT2D eigenvalue weighted by molar-refractivity contribution is 5.90. The molecule has 3 rings (SSSR count). The topological polar surface area (TPSA) is 93.8 Å². The SMILES string of the molecule is COc1c([C@H]2[C@H](c3nc(C)c(C(=O)OCCN(C)C)c(=O)[nH]3)O[C@@](C)(C(F)(F)F)[C@H]2C)ccc(F)c1F. The fourth-order valence-corrected chi connectivity index (χ4v) is 4.43. The van der Waals surface area contributed by atoms with Crippen molar-refractivity contribution in [3.63, 3.8) is 0 Å². The number of hydrogen-bond donors (Lipinski definition) is 1. The molecule has 13 heteroatoms. The summed E-state index contributed by atoms with van der Waals surface area (Å²) in [7, 11) is 4.58. The minimum absolute atomic E-state index is 0.00233. The number of alkyl halides is 3. The number of carbonyl (C=O) groups excluding carboxylic acids is 1. The molecule has 0 aliphatic carbocycles. The molecule has 1 aliphatic rings. The van der Waals surface area contributed by atoms with E-state index in [-0.39, 0.29) is 23.7 Å². The first kappa shape index (κ1) is 28.5. The predicted octanol–water partition coefficient (Wildman–Crippen LogP) is 3.90. The van der Waals surface area contributed by atoms with Crippen LogP contribution in [-0.4, -0.2) is 67.0 Å². The second kappa shape index (κ2) is 10.4. The Morgan fingerprint density at radius 3 is 2.46 bits per heavy atom. The molecule has 37 heavy (non-hydrogen) atoms. The number of benzene rings is 1. The lowest BCUT2D eigenvalue weighted by Gasteiger charge is -2.32. The lowest BCUT2D eigenvalue weighted by Crippen LogP contribution is -2.46. The number of carbonyl (C=O) groups is 1. The van der Waals surface area contributed by atoms with Crippen LogP contribution in [0.3, 0.4) is 0 Å². The minimum atomic E-state index is -4.86. The third-order valence-corrected chi connectivity index (χ3v) is 6.68. The van der Waals surface area contributed by atoms with E-state index in [0.29, 0.717) is 6.54 Å². The number of rotatable bonds is 7. The fraction of sp³-hybridized carbons (Fsp3) is 0.542. The highest BCUT2D eigenvalue weighted by Crippen LogP contribution is 2.59. The zero-order valence-electron chi connectivity index (χ0n) is 21.1. The second-order valence-corrected chi connectivity index (χ2v) is 9.29. The van der Waals surface area contributed by atoms with Crippen LogP contribution in [0.2, 0.25) is 0 Å². The van der Waals surface area contributed by atoms with Gasteiger partial charge in [-0.1, -0.05) is 13.0 Å². The van der Waals surface area contributed by atoms with Gasteiger partial charge in [-0.05, 0) is 34.0 Å². The summed E-state index contributed by atoms with van der Waals surface area (Å²) in [6.45, 7) is 3.81. The molecule has 0 radical (unpaired) electrons. The van der Waals surface area contributed by atoms with Crippen molar-refractivity contribution in [3.05, 3.63) is 56.8 Å². The maximum Gasteiger partial charge on any atom is 0.417 e. The highest BCUT2D eigenvalue weighted by Gasteiger charge is 2.65. The molecule has 204 valence electrons. The molecule has 1 aromatic heterocycles. The van der Waals surface area contributed by atoms with Crippen molar-refractivity contribution in [1.82, 2.24) is 14.9 Å². The minimum Gasteiger partial charge on any atom is -0.493 e. The Morgan fingerprint density at radius 1 is 1.27 bits per heavy atom. The molecule has 0 spiro atoms. The quantitative estimate of drug-likeness (QED) is 0.426. The first-order chi connectivity index (χ1) is 17.1. The molecular weight excluding hydrogens is 505 g/mol. The van der Waals surface area contributed by atoms with Crippen molar-refractivity contribution in [2.75, 3.05) is 34.4 Å². The molecule has 8 nitrogen and oxygen atoms in total. The summed E-state index contributed by atoms with van der Waals surface area (Å²) in [4.78, 5) is 33.6. The summed E-state index contributed by atoms with van der Waals surface area (Å²) in [5.41, 5.74) is -4.28. The smallest absolute Gasteiger partial charge is 0.417 e. The van der Waals surface area contributed by atoms with E-state index in [1.165, 1.54) is 13.8 Å². The molecule has 2 heterocycles. The Bertz CT molecular complexity index is 1230. The van der Waals surface area contributed by atoms with Crippen LogP contribution >= 0.6 is 0 Å². The van der Waals surface area contributed by atoms with E-state index in [2.05, 4.69) is 9.97 Å². The number of methoxy groups -OCH3 is 1. The summed E-state index contributed by atoms with van der Waals surface area (Å²) in [6.07, 6.45) is -6.41. The summed E-state index contributed by atoms with van der Waals surface area (Å²) >= 11 is 0. The second-order valence-electron chi connectivity index (χ2n) is 9.29. The average molecular weight is 533 g/mol. The van der Waals surface area contributed by atoms with Gasteiger partial charge < -0.3 is 24.1 Å². The molecule has 1 saturated heterocycles. The van der Waals surface area contributed by atoms with Gasteiger partial charge in [-0.25, -0.2) is 14.2 Å². The Balaban J connectivity index is 2.12. The van der Waals surface area contributed by atoms with E-state index in [1.54, 1.807) is 19.0 Å². The summed E-state index contributed by atoms with van der Waals surface area (Å²) < 4.78 is 86.5. The van der Waals surface area contributed by atoms with Gasteiger partial charge in [-0.15, -0.1) is 0 Å². The Kier molecular flexibility index (Phi) is 7.99. The zero-order valence-corrected chi connectivity index (χ0v) is 21.1. The monoisotopic (exact) mass is 533 g/mol. The lowest BCUT2D eigenvalue weighted by molar-refractivity contribution is -0.275. The first-order valence-corrected chi connectivity index (χ1v) is 11.3. The van der Waals surface area contributed by atoms with E-state index in [1.807, 2.05) is 0 Å². The maximum absolute atomic E-state index is 14.5. The number of aromatic amines is 1. The van der Waals surface area contributed by atoms with E-state index in [4.69, 9.17) is 14.2 Å². The summed E-state index contributed by atoms with van der Waals surface area (Å²) in [5, 5.41) is 0. The number of aromatic nitrogens is 2. The van der Waals surface area contributed by atoms with Gasteiger partial charge in [-0.2, -0.15) is 17.6 Å². The Hall–Kier alpha value is -3.06. The van der Waals surface area contributed by atoms with Crippen LogP contribution in [0.5, 0.6) is 5.75 Å². The number of hydrogen-bond acceptors (Lipinski definition) is 7. The molecule has 0 unspecified atom stereocenters. The highest BCUT2D eigenvalue weighted by atomic mass is 19.4. The normalized spacial score (nSPS) is 23.9. The van der Waals surface area contributed by atoms with Crippen LogP contribution in [0.4, 0.5) is 22.0 Å². The van der Waals surface area contributed by atoms with Gasteiger partial charge in [-0.3, -0.25) is 4.79 Å². The zero-order chi connectivity index (χ0) is 27.9. The van der Waals surface area contributed by atoms with Crippen molar-refractivity contribution < 1.29 is 41.0 Å². The molecule has 4 atom stereocenters. The van der Waals surface area contributed by atoms with Crippen molar-refractivity contribution in [1.29, 1.82) is 0 Å². The van der Waals surface area contributed by atoms with Gasteiger partial charge in [0.25, 0.3) is 5.56 Å². The number of aryl methyl sites for hydroxylation is 1. The molecule has 1 aromatic carbocycles. The van der Waals surface area contributed by atoms with Crippen molar-refractivity contribution in [3.8, 4) is 5.75 Å². The third kappa shape index (κ3) is 5.19. The van der Waals surface area contributed by atoms with Crippen LogP contribution in [-0.2, 0) is 9.47 Å². The predicted molar refractivity (Wildman–Crippen MR) is 122 cm³/mol. The average Bonchev–Trinajstić information content (AvgIpc) is 3.06. The van der Waals surface area contributed by atoms with Crippen LogP contribution < -0.4 is 10.3 Å². The largest absolute Gasteiger partial charge is 0.493 e. The maximum atomic E-state index is 14.5. The van der Waals surface area contributed by atoms with E-state index < -0.39 is 64.2 Å². The van der Waals surface area contributed by atoms with Gasteiger partial charge in [0, 0.05) is 23.9 Å². The molecule has 2 aromatic rings. The van der Waals surface area contributed by atoms with Gasteiger partial charge in [0.15, 0.2) is 17.2 Å². The molecule has 1 fully saturated rings. The number of ether oxygens (including phenoxy) is 3. The number of likely N-dealkylation sites (N-methyl/N-ethyl adjacent to an activating group) is 1. The standard InChI is InChI=1S/C24H28F5N3O5/c1-11-15(13-7-8-14(25)17(26)18(13)35-6)19(37-23(11,3)24(27,28)29)20-30-12(2)16(21(33)31-20)22(34)36-10-9-32(4)5/h7-8,11,15,19H,9-10H2,1-6H3,(H,30,31,33)/t11-,15-,19+,23+/m0/s1. The third-order valence-electron chi connectivity index (χ3n) is 6.68. The first-order valence-electron chi connectivity index (χ1n) is 11.3. The van der Waals surface area contributed by atoms with Crippen LogP contribution in [0.1, 0.15) is 53.3 Å². The van der Waals surface area contributed by atoms with Gasteiger partial charge in [0.2, 0.25) is 5.82 Å². The molecule has 0 bridgehead atoms. The van der Waals surface area contributed by atoms with Crippen LogP contribution in [0.15, 0.2) is 16.9 Å². The molecule has 0 amide bonds. The number of nitrogens with zero attached hydrogens (tertiary/aromatic N) is 2. The number of nitrogens with one attached hydrogen (secondary N) is 1. The van der Waals surface area contributed by atoms with Crippen molar-refractivity contribution >= 4 is 5.97 Å². The fourth-order valence-electron chi connectivity index (χ4n) is 4.43. The van der Waals surface area contributed by atoms with E-state index in [9.17, 15) is 31.5 Å². The van der Waals surface area contributed by atoms with Crippen molar-refractivity contribution in [2.24, 2.45) is 5.92 Å². The number of esters is 1. The van der Waals surface area contributed by atoms with Crippen LogP contribution in [0.25, 0.3) is 0 Å². The lowest BCUT2D eigenvalue weighted by atomic mass is 9.77.